The normalized spacial score (nSPS) is 10.9. The van der Waals surface area contributed by atoms with Crippen LogP contribution in [0, 0.1) is 6.92 Å². The van der Waals surface area contributed by atoms with Crippen LogP contribution in [0.1, 0.15) is 16.1 Å². The molecule has 2 N–H and O–H groups in total. The molecule has 0 unspecified atom stereocenters. The lowest BCUT2D eigenvalue weighted by molar-refractivity contribution is 0.0690. The van der Waals surface area contributed by atoms with Gasteiger partial charge in [0.15, 0.2) is 11.5 Å². The van der Waals surface area contributed by atoms with Crippen LogP contribution in [0.4, 0.5) is 5.82 Å². The fourth-order valence-corrected chi connectivity index (χ4v) is 2.20. The fraction of sp³-hybridized carbons (Fsp3) is 0.214. The smallest absolute Gasteiger partial charge is 0.356 e. The number of carbonyl (C=O) groups is 1. The van der Waals surface area contributed by atoms with Crippen molar-refractivity contribution in [2.45, 2.75) is 13.5 Å². The number of anilines is 1. The highest BCUT2D eigenvalue weighted by atomic mass is 16.4. The summed E-state index contributed by atoms with van der Waals surface area (Å²) in [7, 11) is 0. The molecule has 7 heteroatoms. The van der Waals surface area contributed by atoms with Gasteiger partial charge in [-0.3, -0.25) is 9.08 Å². The molecule has 0 aliphatic carbocycles. The molecule has 0 fully saturated rings. The molecular weight excluding hydrogens is 270 g/mol. The summed E-state index contributed by atoms with van der Waals surface area (Å²) in [5.74, 6) is -0.635. The summed E-state index contributed by atoms with van der Waals surface area (Å²) in [6.07, 6.45) is 5.41. The van der Waals surface area contributed by atoms with Crippen molar-refractivity contribution in [3.63, 3.8) is 0 Å². The molecule has 0 saturated carbocycles. The number of carboxylic acids is 1. The number of imidazole rings is 1. The first-order valence-corrected chi connectivity index (χ1v) is 6.58. The Labute approximate surface area is 120 Å². The molecule has 0 aliphatic heterocycles. The number of hydrogen-bond acceptors (Lipinski definition) is 4. The van der Waals surface area contributed by atoms with E-state index in [4.69, 9.17) is 0 Å². The number of nitrogens with zero attached hydrogens (tertiary/aromatic N) is 4. The van der Waals surface area contributed by atoms with Crippen LogP contribution < -0.4 is 5.32 Å². The Kier molecular flexibility index (Phi) is 3.31. The minimum atomic E-state index is -1.01. The first kappa shape index (κ1) is 13.2. The Morgan fingerprint density at radius 3 is 3.00 bits per heavy atom. The van der Waals surface area contributed by atoms with E-state index in [0.717, 1.165) is 5.56 Å². The van der Waals surface area contributed by atoms with E-state index >= 15 is 0 Å². The number of hydrogen-bond donors (Lipinski definition) is 2. The quantitative estimate of drug-likeness (QED) is 0.744. The molecule has 0 aliphatic rings. The minimum absolute atomic E-state index is 0.141. The Morgan fingerprint density at radius 2 is 2.29 bits per heavy atom. The molecule has 3 rings (SSSR count). The molecule has 0 radical (unpaired) electrons. The number of aryl methyl sites for hydroxylation is 1. The van der Waals surface area contributed by atoms with Gasteiger partial charge in [0, 0.05) is 18.9 Å². The summed E-state index contributed by atoms with van der Waals surface area (Å²) in [4.78, 5) is 15.7. The Hall–Kier alpha value is -2.83. The van der Waals surface area contributed by atoms with Crippen LogP contribution in [0.25, 0.3) is 5.65 Å². The molecule has 108 valence electrons. The first-order valence-electron chi connectivity index (χ1n) is 6.58. The molecule has 0 bridgehead atoms. The summed E-state index contributed by atoms with van der Waals surface area (Å²) in [6, 6.07) is 5.37. The topological polar surface area (TPSA) is 84.5 Å². The summed E-state index contributed by atoms with van der Waals surface area (Å²) in [6.45, 7) is 3.16. The third kappa shape index (κ3) is 2.58. The molecule has 0 aromatic carbocycles. The summed E-state index contributed by atoms with van der Waals surface area (Å²) < 4.78 is 3.36. The van der Waals surface area contributed by atoms with E-state index in [2.05, 4.69) is 15.4 Å². The number of carboxylic acid groups (broad SMARTS) is 1. The Balaban J connectivity index is 1.80. The molecule has 0 amide bonds. The van der Waals surface area contributed by atoms with E-state index in [1.807, 2.05) is 19.2 Å². The van der Waals surface area contributed by atoms with E-state index in [9.17, 15) is 9.90 Å². The van der Waals surface area contributed by atoms with Crippen molar-refractivity contribution in [3.05, 3.63) is 48.0 Å². The van der Waals surface area contributed by atoms with Crippen LogP contribution in [0.2, 0.25) is 0 Å². The highest BCUT2D eigenvalue weighted by Gasteiger charge is 2.17. The van der Waals surface area contributed by atoms with Gasteiger partial charge in [0.25, 0.3) is 0 Å². The lowest BCUT2D eigenvalue weighted by Gasteiger charge is -2.05. The van der Waals surface area contributed by atoms with Crippen molar-refractivity contribution < 1.29 is 9.90 Å². The van der Waals surface area contributed by atoms with Gasteiger partial charge in [-0.05, 0) is 24.6 Å². The number of rotatable bonds is 5. The maximum atomic E-state index is 11.4. The summed E-state index contributed by atoms with van der Waals surface area (Å²) >= 11 is 0. The number of aromatic carboxylic acids is 1. The Bertz CT molecular complexity index is 790. The average molecular weight is 285 g/mol. The van der Waals surface area contributed by atoms with Crippen LogP contribution in [-0.4, -0.2) is 36.8 Å². The van der Waals surface area contributed by atoms with Crippen molar-refractivity contribution in [2.24, 2.45) is 0 Å². The van der Waals surface area contributed by atoms with Gasteiger partial charge in [-0.1, -0.05) is 6.07 Å². The molecule has 21 heavy (non-hydrogen) atoms. The minimum Gasteiger partial charge on any atom is -0.476 e. The van der Waals surface area contributed by atoms with E-state index in [-0.39, 0.29) is 5.69 Å². The van der Waals surface area contributed by atoms with Gasteiger partial charge in [-0.25, -0.2) is 9.78 Å². The van der Waals surface area contributed by atoms with Gasteiger partial charge in [0.1, 0.15) is 5.65 Å². The van der Waals surface area contributed by atoms with Crippen LogP contribution in [0.5, 0.6) is 0 Å². The Morgan fingerprint density at radius 1 is 1.43 bits per heavy atom. The highest BCUT2D eigenvalue weighted by Crippen LogP contribution is 2.17. The average Bonchev–Trinajstić information content (AvgIpc) is 3.02. The first-order chi connectivity index (χ1) is 10.1. The fourth-order valence-electron chi connectivity index (χ4n) is 2.20. The number of pyridine rings is 1. The predicted molar refractivity (Wildman–Crippen MR) is 77.6 cm³/mol. The van der Waals surface area contributed by atoms with E-state index < -0.39 is 5.97 Å². The molecule has 3 aromatic heterocycles. The SMILES string of the molecule is Cc1cnn(CCNc2nc3ccccn3c2C(=O)O)c1. The third-order valence-electron chi connectivity index (χ3n) is 3.13. The van der Waals surface area contributed by atoms with E-state index in [0.29, 0.717) is 24.6 Å². The molecule has 0 saturated heterocycles. The highest BCUT2D eigenvalue weighted by molar-refractivity contribution is 5.92. The van der Waals surface area contributed by atoms with Crippen molar-refractivity contribution in [2.75, 3.05) is 11.9 Å². The number of nitrogens with one attached hydrogen (secondary N) is 1. The zero-order valence-electron chi connectivity index (χ0n) is 11.5. The van der Waals surface area contributed by atoms with Gasteiger partial charge < -0.3 is 10.4 Å². The van der Waals surface area contributed by atoms with Crippen LogP contribution >= 0.6 is 0 Å². The zero-order chi connectivity index (χ0) is 14.8. The second-order valence-electron chi connectivity index (χ2n) is 4.75. The molecule has 0 spiro atoms. The second kappa shape index (κ2) is 5.28. The molecule has 3 aromatic rings. The molecule has 3 heterocycles. The maximum absolute atomic E-state index is 11.4. The molecule has 7 nitrogen and oxygen atoms in total. The van der Waals surface area contributed by atoms with Crippen LogP contribution in [-0.2, 0) is 6.54 Å². The van der Waals surface area contributed by atoms with Crippen LogP contribution in [0.15, 0.2) is 36.8 Å². The largest absolute Gasteiger partial charge is 0.476 e. The predicted octanol–water partition coefficient (Wildman–Crippen LogP) is 1.65. The standard InChI is InChI=1S/C14H15N5O2/c1-10-8-16-18(9-10)7-5-15-13-12(14(20)21)19-6-3-2-4-11(19)17-13/h2-4,6,8-9,15H,5,7H2,1H3,(H,20,21). The lowest BCUT2D eigenvalue weighted by atomic mass is 10.4. The maximum Gasteiger partial charge on any atom is 0.356 e. The number of fused-ring (bicyclic) bond motifs is 1. The van der Waals surface area contributed by atoms with Crippen LogP contribution in [0.3, 0.4) is 0 Å². The summed E-state index contributed by atoms with van der Waals surface area (Å²) in [5.41, 5.74) is 1.84. The van der Waals surface area contributed by atoms with E-state index in [1.54, 1.807) is 33.6 Å². The van der Waals surface area contributed by atoms with Gasteiger partial charge in [-0.15, -0.1) is 0 Å². The van der Waals surface area contributed by atoms with Gasteiger partial charge in [0.05, 0.1) is 12.7 Å². The van der Waals surface area contributed by atoms with Crippen molar-refractivity contribution in [1.82, 2.24) is 19.2 Å². The van der Waals surface area contributed by atoms with Gasteiger partial charge in [-0.2, -0.15) is 5.10 Å². The molecular formula is C14H15N5O2. The van der Waals surface area contributed by atoms with Gasteiger partial charge in [0.2, 0.25) is 0 Å². The lowest BCUT2D eigenvalue weighted by Crippen LogP contribution is -2.13. The van der Waals surface area contributed by atoms with Crippen molar-refractivity contribution in [1.29, 1.82) is 0 Å². The zero-order valence-corrected chi connectivity index (χ0v) is 11.5. The summed E-state index contributed by atoms with van der Waals surface area (Å²) in [5, 5.41) is 16.6. The van der Waals surface area contributed by atoms with E-state index in [1.165, 1.54) is 0 Å². The third-order valence-corrected chi connectivity index (χ3v) is 3.13. The van der Waals surface area contributed by atoms with Crippen molar-refractivity contribution in [3.8, 4) is 0 Å². The second-order valence-corrected chi connectivity index (χ2v) is 4.75. The van der Waals surface area contributed by atoms with Crippen molar-refractivity contribution >= 4 is 17.4 Å². The monoisotopic (exact) mass is 285 g/mol. The van der Waals surface area contributed by atoms with Gasteiger partial charge >= 0.3 is 5.97 Å². The number of aromatic nitrogens is 4. The molecule has 0 atom stereocenters.